The number of aliphatic hydroxyl groups excluding tert-OH is 1. The van der Waals surface area contributed by atoms with Crippen molar-refractivity contribution in [3.63, 3.8) is 0 Å². The Morgan fingerprint density at radius 1 is 1.68 bits per heavy atom. The third kappa shape index (κ3) is 4.18. The number of nitrogens with one attached hydrogen (secondary N) is 1. The van der Waals surface area contributed by atoms with Crippen LogP contribution in [0.25, 0.3) is 0 Å². The average Bonchev–Trinajstić information content (AvgIpc) is 3.13. The molecular weight excluding hydrogens is 262 g/mol. The summed E-state index contributed by atoms with van der Waals surface area (Å²) in [6.07, 6.45) is 5.12. The fourth-order valence-corrected chi connectivity index (χ4v) is 2.80. The van der Waals surface area contributed by atoms with Crippen LogP contribution >= 0.6 is 11.3 Å². The number of aliphatic hydroxyl groups is 1. The van der Waals surface area contributed by atoms with Crippen LogP contribution in [0.4, 0.5) is 4.79 Å². The number of aromatic nitrogens is 1. The van der Waals surface area contributed by atoms with E-state index in [1.807, 2.05) is 5.38 Å². The molecule has 1 aromatic heterocycles. The van der Waals surface area contributed by atoms with Crippen molar-refractivity contribution in [1.29, 1.82) is 0 Å². The Kier molecular flexibility index (Phi) is 5.15. The van der Waals surface area contributed by atoms with Crippen molar-refractivity contribution in [3.05, 3.63) is 16.6 Å². The minimum absolute atomic E-state index is 0.0288. The first-order chi connectivity index (χ1) is 9.24. The number of urea groups is 1. The maximum absolute atomic E-state index is 12.2. The molecule has 2 amide bonds. The Morgan fingerprint density at radius 2 is 2.47 bits per heavy atom. The second-order valence-corrected chi connectivity index (χ2v) is 5.85. The van der Waals surface area contributed by atoms with Crippen LogP contribution in [0, 0.1) is 5.92 Å². The SMILES string of the molecule is CC[C@H](NC(=O)N(CCO)Cc1nccs1)C1CC1. The minimum Gasteiger partial charge on any atom is -0.395 e. The first kappa shape index (κ1) is 14.3. The van der Waals surface area contributed by atoms with Gasteiger partial charge in [0.2, 0.25) is 0 Å². The van der Waals surface area contributed by atoms with Crippen LogP contribution in [-0.4, -0.2) is 40.2 Å². The number of hydrogen-bond acceptors (Lipinski definition) is 4. The van der Waals surface area contributed by atoms with Crippen LogP contribution in [0.3, 0.4) is 0 Å². The second kappa shape index (κ2) is 6.86. The van der Waals surface area contributed by atoms with Crippen molar-refractivity contribution < 1.29 is 9.90 Å². The van der Waals surface area contributed by atoms with Gasteiger partial charge in [-0.15, -0.1) is 11.3 Å². The van der Waals surface area contributed by atoms with E-state index in [4.69, 9.17) is 5.11 Å². The molecule has 1 saturated carbocycles. The van der Waals surface area contributed by atoms with Gasteiger partial charge in [-0.2, -0.15) is 0 Å². The van der Waals surface area contributed by atoms with Gasteiger partial charge in [-0.1, -0.05) is 6.92 Å². The van der Waals surface area contributed by atoms with E-state index in [0.29, 0.717) is 19.0 Å². The molecule has 0 unspecified atom stereocenters. The summed E-state index contributed by atoms with van der Waals surface area (Å²) >= 11 is 1.52. The molecule has 2 rings (SSSR count). The van der Waals surface area contributed by atoms with Crippen LogP contribution in [0.2, 0.25) is 0 Å². The normalized spacial score (nSPS) is 16.1. The number of hydrogen-bond donors (Lipinski definition) is 2. The molecule has 0 spiro atoms. The maximum Gasteiger partial charge on any atom is 0.318 e. The van der Waals surface area contributed by atoms with Gasteiger partial charge in [0.1, 0.15) is 5.01 Å². The topological polar surface area (TPSA) is 65.5 Å². The van der Waals surface area contributed by atoms with Crippen molar-refractivity contribution in [2.75, 3.05) is 13.2 Å². The molecule has 5 nitrogen and oxygen atoms in total. The van der Waals surface area contributed by atoms with Crippen molar-refractivity contribution >= 4 is 17.4 Å². The highest BCUT2D eigenvalue weighted by Gasteiger charge is 2.31. The lowest BCUT2D eigenvalue weighted by atomic mass is 10.1. The van der Waals surface area contributed by atoms with E-state index in [2.05, 4.69) is 17.2 Å². The van der Waals surface area contributed by atoms with Crippen LogP contribution in [0.15, 0.2) is 11.6 Å². The van der Waals surface area contributed by atoms with E-state index in [1.54, 1.807) is 11.1 Å². The molecule has 0 radical (unpaired) electrons. The number of amides is 2. The summed E-state index contributed by atoms with van der Waals surface area (Å²) in [6, 6.07) is 0.174. The lowest BCUT2D eigenvalue weighted by Crippen LogP contribution is -2.46. The molecule has 106 valence electrons. The van der Waals surface area contributed by atoms with Crippen molar-refractivity contribution in [1.82, 2.24) is 15.2 Å². The van der Waals surface area contributed by atoms with Gasteiger partial charge in [0.15, 0.2) is 0 Å². The zero-order chi connectivity index (χ0) is 13.7. The highest BCUT2D eigenvalue weighted by atomic mass is 32.1. The van der Waals surface area contributed by atoms with Gasteiger partial charge in [0.05, 0.1) is 13.2 Å². The molecule has 1 heterocycles. The summed E-state index contributed by atoms with van der Waals surface area (Å²) in [4.78, 5) is 18.1. The summed E-state index contributed by atoms with van der Waals surface area (Å²) < 4.78 is 0. The fourth-order valence-electron chi connectivity index (χ4n) is 2.17. The summed E-state index contributed by atoms with van der Waals surface area (Å²) in [5.74, 6) is 0.643. The Bertz CT molecular complexity index is 393. The zero-order valence-electron chi connectivity index (χ0n) is 11.2. The van der Waals surface area contributed by atoms with E-state index in [9.17, 15) is 4.79 Å². The lowest BCUT2D eigenvalue weighted by Gasteiger charge is -2.25. The third-order valence-corrected chi connectivity index (χ3v) is 4.17. The molecule has 0 aromatic carbocycles. The van der Waals surface area contributed by atoms with Crippen molar-refractivity contribution in [2.45, 2.75) is 38.8 Å². The summed E-state index contributed by atoms with van der Waals surface area (Å²) in [5, 5.41) is 15.0. The Morgan fingerprint density at radius 3 is 3.00 bits per heavy atom. The zero-order valence-corrected chi connectivity index (χ0v) is 12.0. The smallest absolute Gasteiger partial charge is 0.318 e. The fraction of sp³-hybridized carbons (Fsp3) is 0.692. The van der Waals surface area contributed by atoms with Crippen molar-refractivity contribution in [2.24, 2.45) is 5.92 Å². The summed E-state index contributed by atoms with van der Waals surface area (Å²) in [7, 11) is 0. The van der Waals surface area contributed by atoms with Gasteiger partial charge >= 0.3 is 6.03 Å². The average molecular weight is 283 g/mol. The number of carbonyl (C=O) groups is 1. The van der Waals surface area contributed by atoms with Gasteiger partial charge in [0, 0.05) is 24.2 Å². The maximum atomic E-state index is 12.2. The third-order valence-electron chi connectivity index (χ3n) is 3.41. The largest absolute Gasteiger partial charge is 0.395 e. The number of carbonyl (C=O) groups excluding carboxylic acids is 1. The monoisotopic (exact) mass is 283 g/mol. The first-order valence-corrected chi connectivity index (χ1v) is 7.67. The molecule has 1 atom stereocenters. The second-order valence-electron chi connectivity index (χ2n) is 4.87. The van der Waals surface area contributed by atoms with Crippen LogP contribution in [0.5, 0.6) is 0 Å². The van der Waals surface area contributed by atoms with Gasteiger partial charge in [-0.05, 0) is 25.2 Å². The molecule has 1 aromatic rings. The van der Waals surface area contributed by atoms with Crippen LogP contribution in [-0.2, 0) is 6.54 Å². The quantitative estimate of drug-likeness (QED) is 0.802. The molecule has 0 saturated heterocycles. The van der Waals surface area contributed by atoms with E-state index >= 15 is 0 Å². The number of nitrogens with zero attached hydrogens (tertiary/aromatic N) is 2. The highest BCUT2D eigenvalue weighted by Crippen LogP contribution is 2.33. The predicted molar refractivity (Wildman–Crippen MR) is 74.9 cm³/mol. The van der Waals surface area contributed by atoms with E-state index < -0.39 is 0 Å². The van der Waals surface area contributed by atoms with Crippen molar-refractivity contribution in [3.8, 4) is 0 Å². The molecule has 2 N–H and O–H groups in total. The van der Waals surface area contributed by atoms with Gasteiger partial charge in [-0.25, -0.2) is 9.78 Å². The number of thiazole rings is 1. The van der Waals surface area contributed by atoms with E-state index in [1.165, 1.54) is 24.2 Å². The number of rotatable bonds is 7. The lowest BCUT2D eigenvalue weighted by molar-refractivity contribution is 0.169. The molecule has 0 aliphatic heterocycles. The Balaban J connectivity index is 1.91. The molecule has 1 fully saturated rings. The Labute approximate surface area is 117 Å². The Hall–Kier alpha value is -1.14. The molecular formula is C13H21N3O2S. The van der Waals surface area contributed by atoms with Gasteiger partial charge in [0.25, 0.3) is 0 Å². The first-order valence-electron chi connectivity index (χ1n) is 6.79. The van der Waals surface area contributed by atoms with Gasteiger partial charge in [-0.3, -0.25) is 0 Å². The van der Waals surface area contributed by atoms with Crippen LogP contribution in [0.1, 0.15) is 31.2 Å². The predicted octanol–water partition coefficient (Wildman–Crippen LogP) is 1.84. The molecule has 1 aliphatic rings. The standard InChI is InChI=1S/C13H21N3O2S/c1-2-11(10-3-4-10)15-13(18)16(6-7-17)9-12-14-5-8-19-12/h5,8,10-11,17H,2-4,6-7,9H2,1H3,(H,15,18)/t11-/m0/s1. The molecule has 6 heteroatoms. The molecule has 1 aliphatic carbocycles. The van der Waals surface area contributed by atoms with Crippen LogP contribution < -0.4 is 5.32 Å². The summed E-state index contributed by atoms with van der Waals surface area (Å²) in [6.45, 7) is 2.87. The minimum atomic E-state index is -0.0944. The van der Waals surface area contributed by atoms with E-state index in [-0.39, 0.29) is 18.7 Å². The summed E-state index contributed by atoms with van der Waals surface area (Å²) in [5.41, 5.74) is 0. The van der Waals surface area contributed by atoms with E-state index in [0.717, 1.165) is 11.4 Å². The molecule has 0 bridgehead atoms. The van der Waals surface area contributed by atoms with Gasteiger partial charge < -0.3 is 15.3 Å². The molecule has 19 heavy (non-hydrogen) atoms. The highest BCUT2D eigenvalue weighted by molar-refractivity contribution is 7.09.